The van der Waals surface area contributed by atoms with Gasteiger partial charge in [0.2, 0.25) is 5.91 Å². The molecule has 0 unspecified atom stereocenters. The van der Waals surface area contributed by atoms with Gasteiger partial charge in [-0.25, -0.2) is 4.99 Å². The lowest BCUT2D eigenvalue weighted by Crippen LogP contribution is -2.47. The number of likely N-dealkylation sites (N-methyl/N-ethyl adjacent to an activating group) is 1. The van der Waals surface area contributed by atoms with Crippen LogP contribution in [-0.4, -0.2) is 81.6 Å². The van der Waals surface area contributed by atoms with E-state index in [4.69, 9.17) is 9.47 Å². The summed E-state index contributed by atoms with van der Waals surface area (Å²) in [5.41, 5.74) is 1.19. The lowest BCUT2D eigenvalue weighted by molar-refractivity contribution is -0.149. The van der Waals surface area contributed by atoms with Crippen molar-refractivity contribution in [3.63, 3.8) is 0 Å². The van der Waals surface area contributed by atoms with Crippen molar-refractivity contribution in [1.29, 1.82) is 0 Å². The number of guanidine groups is 1. The summed E-state index contributed by atoms with van der Waals surface area (Å²) in [5, 5.41) is 3.39. The molecule has 1 aliphatic rings. The molecule has 1 aromatic rings. The SMILES string of the molecule is CCOC(=O)C1CCN(C(=NCC(=O)N(C)C)NCCc2ccc(OC)cc2)CC1.I. The van der Waals surface area contributed by atoms with Gasteiger partial charge in [-0.3, -0.25) is 9.59 Å². The first kappa shape index (κ1) is 27.0. The van der Waals surface area contributed by atoms with E-state index in [0.29, 0.717) is 32.2 Å². The maximum Gasteiger partial charge on any atom is 0.309 e. The number of halogens is 1. The average molecular weight is 546 g/mol. The highest BCUT2D eigenvalue weighted by molar-refractivity contribution is 14.0. The fourth-order valence-electron chi connectivity index (χ4n) is 3.25. The summed E-state index contributed by atoms with van der Waals surface area (Å²) in [7, 11) is 5.10. The van der Waals surface area contributed by atoms with Crippen molar-refractivity contribution < 1.29 is 19.1 Å². The topological polar surface area (TPSA) is 83.5 Å². The Hall–Kier alpha value is -2.04. The molecule has 0 radical (unpaired) electrons. The van der Waals surface area contributed by atoms with Crippen molar-refractivity contribution in [1.82, 2.24) is 15.1 Å². The number of nitrogens with zero attached hydrogens (tertiary/aromatic N) is 3. The summed E-state index contributed by atoms with van der Waals surface area (Å²) in [6, 6.07) is 7.97. The zero-order chi connectivity index (χ0) is 21.9. The first-order valence-corrected chi connectivity index (χ1v) is 10.5. The van der Waals surface area contributed by atoms with Crippen LogP contribution in [0.5, 0.6) is 5.75 Å². The monoisotopic (exact) mass is 546 g/mol. The standard InChI is InChI=1S/C22H34N4O4.HI/c1-5-30-21(28)18-11-14-26(15-12-18)22(24-16-20(27)25(2)3)23-13-10-17-6-8-19(29-4)9-7-17;/h6-9,18H,5,10-16H2,1-4H3,(H,23,24);1H. The second kappa shape index (κ2) is 14.1. The van der Waals surface area contributed by atoms with Crippen molar-refractivity contribution in [2.45, 2.75) is 26.2 Å². The normalized spacial score (nSPS) is 14.5. The predicted molar refractivity (Wildman–Crippen MR) is 132 cm³/mol. The van der Waals surface area contributed by atoms with E-state index in [-0.39, 0.29) is 48.3 Å². The summed E-state index contributed by atoms with van der Waals surface area (Å²) in [5.74, 6) is 1.31. The zero-order valence-corrected chi connectivity index (χ0v) is 21.3. The molecule has 9 heteroatoms. The quantitative estimate of drug-likeness (QED) is 0.233. The minimum Gasteiger partial charge on any atom is -0.497 e. The van der Waals surface area contributed by atoms with Crippen LogP contribution in [0.3, 0.4) is 0 Å². The lowest BCUT2D eigenvalue weighted by Gasteiger charge is -2.33. The minimum atomic E-state index is -0.120. The molecule has 1 saturated heterocycles. The molecule has 31 heavy (non-hydrogen) atoms. The minimum absolute atomic E-state index is 0. The number of carbonyl (C=O) groups excluding carboxylic acids is 2. The maximum absolute atomic E-state index is 12.0. The molecule has 1 heterocycles. The van der Waals surface area contributed by atoms with Crippen molar-refractivity contribution in [3.8, 4) is 5.75 Å². The highest BCUT2D eigenvalue weighted by atomic mass is 127. The number of rotatable bonds is 8. The molecule has 0 aliphatic carbocycles. The van der Waals surface area contributed by atoms with Crippen LogP contribution >= 0.6 is 24.0 Å². The van der Waals surface area contributed by atoms with Crippen molar-refractivity contribution in [2.75, 3.05) is 54.0 Å². The van der Waals surface area contributed by atoms with E-state index in [0.717, 1.165) is 25.0 Å². The van der Waals surface area contributed by atoms with Crippen LogP contribution < -0.4 is 10.1 Å². The Balaban J connectivity index is 0.00000480. The Kier molecular flexibility index (Phi) is 12.3. The molecular weight excluding hydrogens is 511 g/mol. The second-order valence-electron chi connectivity index (χ2n) is 7.47. The van der Waals surface area contributed by atoms with E-state index in [1.807, 2.05) is 31.2 Å². The number of aliphatic imine (C=N–C) groups is 1. The molecule has 1 fully saturated rings. The van der Waals surface area contributed by atoms with Gasteiger partial charge in [0, 0.05) is 33.7 Å². The third-order valence-electron chi connectivity index (χ3n) is 5.13. The van der Waals surface area contributed by atoms with Gasteiger partial charge in [-0.1, -0.05) is 12.1 Å². The van der Waals surface area contributed by atoms with Gasteiger partial charge in [-0.15, -0.1) is 24.0 Å². The number of hydrogen-bond acceptors (Lipinski definition) is 5. The Morgan fingerprint density at radius 1 is 1.19 bits per heavy atom. The number of carbonyl (C=O) groups is 2. The molecule has 1 aromatic carbocycles. The van der Waals surface area contributed by atoms with Gasteiger partial charge in [-0.2, -0.15) is 0 Å². The first-order chi connectivity index (χ1) is 14.4. The number of methoxy groups -OCH3 is 1. The summed E-state index contributed by atoms with van der Waals surface area (Å²) in [4.78, 5) is 32.2. The zero-order valence-electron chi connectivity index (χ0n) is 18.9. The molecule has 174 valence electrons. The predicted octanol–water partition coefficient (Wildman–Crippen LogP) is 2.16. The van der Waals surface area contributed by atoms with Crippen LogP contribution in [0.4, 0.5) is 0 Å². The number of hydrogen-bond donors (Lipinski definition) is 1. The van der Waals surface area contributed by atoms with Gasteiger partial charge in [0.1, 0.15) is 12.3 Å². The van der Waals surface area contributed by atoms with Crippen LogP contribution in [0.15, 0.2) is 29.3 Å². The van der Waals surface area contributed by atoms with E-state index >= 15 is 0 Å². The highest BCUT2D eigenvalue weighted by Gasteiger charge is 2.27. The van der Waals surface area contributed by atoms with Crippen molar-refractivity contribution >= 4 is 41.8 Å². The number of likely N-dealkylation sites (tertiary alicyclic amines) is 1. The molecule has 1 amide bonds. The van der Waals surface area contributed by atoms with Crippen LogP contribution in [0.1, 0.15) is 25.3 Å². The van der Waals surface area contributed by atoms with Crippen LogP contribution in [-0.2, 0) is 20.7 Å². The fraction of sp³-hybridized carbons (Fsp3) is 0.591. The summed E-state index contributed by atoms with van der Waals surface area (Å²) >= 11 is 0. The number of nitrogens with one attached hydrogen (secondary N) is 1. The number of benzene rings is 1. The Morgan fingerprint density at radius 2 is 1.84 bits per heavy atom. The van der Waals surface area contributed by atoms with E-state index in [2.05, 4.69) is 15.2 Å². The molecule has 1 N–H and O–H groups in total. The van der Waals surface area contributed by atoms with Crippen LogP contribution in [0.25, 0.3) is 0 Å². The molecule has 2 rings (SSSR count). The van der Waals surface area contributed by atoms with E-state index in [1.54, 1.807) is 21.2 Å². The third-order valence-corrected chi connectivity index (χ3v) is 5.13. The lowest BCUT2D eigenvalue weighted by atomic mass is 9.97. The van der Waals surface area contributed by atoms with E-state index in [1.165, 1.54) is 10.5 Å². The number of ether oxygens (including phenoxy) is 2. The first-order valence-electron chi connectivity index (χ1n) is 10.5. The molecule has 0 atom stereocenters. The van der Waals surface area contributed by atoms with Crippen LogP contribution in [0.2, 0.25) is 0 Å². The van der Waals surface area contributed by atoms with Gasteiger partial charge < -0.3 is 24.6 Å². The summed E-state index contributed by atoms with van der Waals surface area (Å²) in [6.45, 7) is 4.43. The molecule has 0 spiro atoms. The summed E-state index contributed by atoms with van der Waals surface area (Å²) < 4.78 is 10.3. The number of amides is 1. The van der Waals surface area contributed by atoms with E-state index < -0.39 is 0 Å². The van der Waals surface area contributed by atoms with Gasteiger partial charge >= 0.3 is 5.97 Å². The number of piperidine rings is 1. The van der Waals surface area contributed by atoms with Gasteiger partial charge in [0.25, 0.3) is 0 Å². The summed E-state index contributed by atoms with van der Waals surface area (Å²) in [6.07, 6.45) is 2.27. The van der Waals surface area contributed by atoms with Gasteiger partial charge in [0.15, 0.2) is 5.96 Å². The van der Waals surface area contributed by atoms with Crippen molar-refractivity contribution in [2.24, 2.45) is 10.9 Å². The smallest absolute Gasteiger partial charge is 0.309 e. The molecule has 8 nitrogen and oxygen atoms in total. The Morgan fingerprint density at radius 3 is 2.39 bits per heavy atom. The Labute approximate surface area is 202 Å². The fourth-order valence-corrected chi connectivity index (χ4v) is 3.25. The van der Waals surface area contributed by atoms with Gasteiger partial charge in [-0.05, 0) is 43.9 Å². The maximum atomic E-state index is 12.0. The molecule has 1 aliphatic heterocycles. The van der Waals surface area contributed by atoms with E-state index in [9.17, 15) is 9.59 Å². The highest BCUT2D eigenvalue weighted by Crippen LogP contribution is 2.19. The van der Waals surface area contributed by atoms with Crippen LogP contribution in [0, 0.1) is 5.92 Å². The Bertz CT molecular complexity index is 717. The third kappa shape index (κ3) is 8.92. The second-order valence-corrected chi connectivity index (χ2v) is 7.47. The molecule has 0 saturated carbocycles. The molecular formula is C22H35IN4O4. The van der Waals surface area contributed by atoms with Crippen molar-refractivity contribution in [3.05, 3.63) is 29.8 Å². The molecule has 0 aromatic heterocycles. The largest absolute Gasteiger partial charge is 0.497 e. The molecule has 0 bridgehead atoms. The average Bonchev–Trinajstić information content (AvgIpc) is 2.76. The number of esters is 1. The van der Waals surface area contributed by atoms with Gasteiger partial charge in [0.05, 0.1) is 19.6 Å².